The molecular formula is C20H19N4NaO5S2. The number of hydrogen-bond donors (Lipinski definition) is 1. The molecule has 9 nitrogen and oxygen atoms in total. The Morgan fingerprint density at radius 2 is 2.16 bits per heavy atom. The van der Waals surface area contributed by atoms with Gasteiger partial charge in [-0.25, -0.2) is 4.98 Å². The van der Waals surface area contributed by atoms with E-state index in [0.29, 0.717) is 28.7 Å². The van der Waals surface area contributed by atoms with Gasteiger partial charge in [-0.05, 0) is 18.4 Å². The number of aliphatic carboxylic acids is 1. The van der Waals surface area contributed by atoms with Crippen LogP contribution in [0.1, 0.15) is 29.3 Å². The maximum absolute atomic E-state index is 12.3. The number of aromatic nitrogens is 1. The number of thioether (sulfide) groups is 1. The second kappa shape index (κ2) is 9.67. The molecule has 0 aliphatic carbocycles. The Hall–Kier alpha value is -1.68. The second-order valence-electron chi connectivity index (χ2n) is 7.78. The topological polar surface area (TPSA) is 138 Å². The van der Waals surface area contributed by atoms with Gasteiger partial charge in [-0.15, -0.1) is 11.3 Å². The molecule has 2 saturated heterocycles. The van der Waals surface area contributed by atoms with Gasteiger partial charge in [0.15, 0.2) is 0 Å². The molecule has 3 aliphatic rings. The Kier molecular flexibility index (Phi) is 7.54. The summed E-state index contributed by atoms with van der Waals surface area (Å²) in [7, 11) is 0. The summed E-state index contributed by atoms with van der Waals surface area (Å²) in [6, 6.07) is 1.73. The van der Waals surface area contributed by atoms with Crippen molar-refractivity contribution in [3.05, 3.63) is 32.1 Å². The largest absolute Gasteiger partial charge is 1.00 e. The molecule has 12 heteroatoms. The van der Waals surface area contributed by atoms with E-state index in [-0.39, 0.29) is 53.0 Å². The molecule has 0 radical (unpaired) electrons. The van der Waals surface area contributed by atoms with E-state index >= 15 is 0 Å². The Morgan fingerprint density at radius 3 is 2.75 bits per heavy atom. The molecule has 4 atom stereocenters. The van der Waals surface area contributed by atoms with Crippen molar-refractivity contribution in [2.75, 3.05) is 13.1 Å². The summed E-state index contributed by atoms with van der Waals surface area (Å²) in [5, 5.41) is 34.3. The van der Waals surface area contributed by atoms with Crippen LogP contribution in [0.4, 0.5) is 0 Å². The fourth-order valence-corrected chi connectivity index (χ4v) is 5.95. The number of rotatable bonds is 6. The number of nitriles is 1. The Labute approximate surface area is 215 Å². The molecule has 32 heavy (non-hydrogen) atoms. The number of likely N-dealkylation sites (tertiary alicyclic amines) is 1. The molecule has 0 unspecified atom stereocenters. The third-order valence-electron chi connectivity index (χ3n) is 5.80. The summed E-state index contributed by atoms with van der Waals surface area (Å²) in [4.78, 5) is 43.9. The number of nitrogens with zero attached hydrogens (tertiary/aromatic N) is 4. The number of aliphatic hydroxyl groups excluding tert-OH is 1. The van der Waals surface area contributed by atoms with Gasteiger partial charge in [-0.3, -0.25) is 9.59 Å². The number of carboxylic acid groups (broad SMARTS) is 1. The van der Waals surface area contributed by atoms with Gasteiger partial charge in [0.2, 0.25) is 5.91 Å². The van der Waals surface area contributed by atoms with Crippen molar-refractivity contribution in [3.63, 3.8) is 0 Å². The quantitative estimate of drug-likeness (QED) is 0.341. The van der Waals surface area contributed by atoms with E-state index in [1.54, 1.807) is 21.8 Å². The Balaban J connectivity index is 0.00000289. The van der Waals surface area contributed by atoms with E-state index in [1.807, 2.05) is 6.92 Å². The minimum Gasteiger partial charge on any atom is -0.543 e. The van der Waals surface area contributed by atoms with Crippen LogP contribution >= 0.6 is 23.1 Å². The van der Waals surface area contributed by atoms with Gasteiger partial charge in [-0.2, -0.15) is 5.26 Å². The van der Waals surface area contributed by atoms with Crippen LogP contribution in [0, 0.1) is 29.1 Å². The average Bonchev–Trinajstić information content (AvgIpc) is 3.23. The first-order chi connectivity index (χ1) is 14.7. The van der Waals surface area contributed by atoms with Gasteiger partial charge in [0.25, 0.3) is 5.91 Å². The molecule has 0 aromatic carbocycles. The molecule has 0 spiro atoms. The third kappa shape index (κ3) is 4.16. The summed E-state index contributed by atoms with van der Waals surface area (Å²) in [6.45, 7) is 4.18. The number of fused-ring (bicyclic) bond motifs is 1. The Morgan fingerprint density at radius 1 is 1.47 bits per heavy atom. The molecule has 1 aromatic heterocycles. The maximum Gasteiger partial charge on any atom is 1.00 e. The fourth-order valence-electron chi connectivity index (χ4n) is 4.19. The molecule has 0 bridgehead atoms. The summed E-state index contributed by atoms with van der Waals surface area (Å²) in [6.07, 6.45) is 0.816. The van der Waals surface area contributed by atoms with E-state index in [0.717, 1.165) is 0 Å². The van der Waals surface area contributed by atoms with Gasteiger partial charge in [0, 0.05) is 29.3 Å². The molecule has 2 amide bonds. The van der Waals surface area contributed by atoms with Gasteiger partial charge in [-0.1, -0.05) is 18.7 Å². The molecule has 4 heterocycles. The predicted octanol–water partition coefficient (Wildman–Crippen LogP) is -2.73. The van der Waals surface area contributed by atoms with Crippen molar-refractivity contribution in [2.24, 2.45) is 17.8 Å². The van der Waals surface area contributed by atoms with E-state index in [1.165, 1.54) is 34.9 Å². The third-order valence-corrected chi connectivity index (χ3v) is 7.70. The summed E-state index contributed by atoms with van der Waals surface area (Å²) >= 11 is 2.45. The number of aliphatic hydroxyl groups is 1. The van der Waals surface area contributed by atoms with Crippen molar-refractivity contribution >= 4 is 47.0 Å². The summed E-state index contributed by atoms with van der Waals surface area (Å²) in [5.74, 6) is -3.04. The number of hydrogen-bond acceptors (Lipinski definition) is 9. The molecule has 3 aliphatic heterocycles. The minimum absolute atomic E-state index is 0. The van der Waals surface area contributed by atoms with Crippen LogP contribution in [0.2, 0.25) is 0 Å². The van der Waals surface area contributed by atoms with Crippen LogP contribution in [-0.4, -0.2) is 62.9 Å². The molecule has 4 rings (SSSR count). The minimum atomic E-state index is -1.42. The van der Waals surface area contributed by atoms with Crippen LogP contribution in [-0.2, 0) is 9.59 Å². The number of amides is 2. The van der Waals surface area contributed by atoms with E-state index < -0.39 is 29.9 Å². The van der Waals surface area contributed by atoms with E-state index in [2.05, 4.69) is 11.1 Å². The van der Waals surface area contributed by atoms with Crippen LogP contribution in [0.3, 0.4) is 0 Å². The summed E-state index contributed by atoms with van der Waals surface area (Å²) in [5.41, 5.74) is 0.165. The predicted molar refractivity (Wildman–Crippen MR) is 111 cm³/mol. The molecule has 1 aromatic rings. The maximum atomic E-state index is 12.3. The summed E-state index contributed by atoms with van der Waals surface area (Å²) < 4.78 is 0. The van der Waals surface area contributed by atoms with Crippen LogP contribution in [0.5, 0.6) is 0 Å². The van der Waals surface area contributed by atoms with Gasteiger partial charge in [0.05, 0.1) is 41.7 Å². The number of carboxylic acids is 1. The molecule has 162 valence electrons. The van der Waals surface area contributed by atoms with E-state index in [9.17, 15) is 24.6 Å². The number of thiazole rings is 1. The number of β-lactam (4-membered cyclic amide) rings is 1. The van der Waals surface area contributed by atoms with Gasteiger partial charge in [0.1, 0.15) is 10.7 Å². The number of carbonyl (C=O) groups excluding carboxylic acids is 3. The average molecular weight is 483 g/mol. The fraction of sp³-hybridized carbons (Fsp3) is 0.450. The molecule has 2 fully saturated rings. The van der Waals surface area contributed by atoms with Crippen molar-refractivity contribution in [2.45, 2.75) is 26.0 Å². The van der Waals surface area contributed by atoms with Crippen LogP contribution in [0.25, 0.3) is 6.08 Å². The number of carbonyl (C=O) groups is 3. The SMILES string of the molecule is C[C@@H](O)[C@H]1C(=O)N2C(C(=O)[O-])=C(S/C=C\c3nc(C(=O)N4CC(C#N)C4)cs3)[C@H](C)[C@H]12.[Na+]. The zero-order chi connectivity index (χ0) is 22.4. The monoisotopic (exact) mass is 482 g/mol. The Bertz CT molecular complexity index is 1060. The first kappa shape index (κ1) is 25.0. The standard InChI is InChI=1S/C20H20N4O5S2.Na/c1-9-15-14(10(2)25)19(27)24(15)16(20(28)29)17(9)30-4-3-13-22-12(8-31-13)18(26)23-6-11(5-21)7-23;/h3-4,8-11,14-15,25H,6-7H2,1-2H3,(H,28,29);/q;+1/p-1/b4-3-;/t9-,10-,14-,15-;/m1./s1. The molecular weight excluding hydrogens is 463 g/mol. The zero-order valence-corrected chi connectivity index (χ0v) is 21.4. The second-order valence-corrected chi connectivity index (χ2v) is 9.62. The van der Waals surface area contributed by atoms with E-state index in [4.69, 9.17) is 5.26 Å². The van der Waals surface area contributed by atoms with Crippen molar-refractivity contribution in [1.29, 1.82) is 5.26 Å². The van der Waals surface area contributed by atoms with Crippen molar-refractivity contribution in [3.8, 4) is 6.07 Å². The zero-order valence-electron chi connectivity index (χ0n) is 17.7. The molecule has 1 N–H and O–H groups in total. The van der Waals surface area contributed by atoms with Crippen molar-refractivity contribution in [1.82, 2.24) is 14.8 Å². The van der Waals surface area contributed by atoms with Crippen LogP contribution in [0.15, 0.2) is 21.4 Å². The normalized spacial score (nSPS) is 25.7. The first-order valence-corrected chi connectivity index (χ1v) is 11.4. The van der Waals surface area contributed by atoms with Crippen LogP contribution < -0.4 is 34.7 Å². The first-order valence-electron chi connectivity index (χ1n) is 9.68. The van der Waals surface area contributed by atoms with Gasteiger partial charge < -0.3 is 24.8 Å². The molecule has 0 saturated carbocycles. The van der Waals surface area contributed by atoms with Crippen molar-refractivity contribution < 1.29 is 54.2 Å². The van der Waals surface area contributed by atoms with Gasteiger partial charge >= 0.3 is 29.6 Å². The smallest absolute Gasteiger partial charge is 0.543 e.